The van der Waals surface area contributed by atoms with Gasteiger partial charge in [0.25, 0.3) is 5.56 Å². The van der Waals surface area contributed by atoms with Gasteiger partial charge in [0.05, 0.1) is 18.5 Å². The number of ether oxygens (including phenoxy) is 1. The molecule has 0 atom stereocenters. The molecule has 5 nitrogen and oxygen atoms in total. The van der Waals surface area contributed by atoms with Gasteiger partial charge in [-0.3, -0.25) is 4.79 Å². The summed E-state index contributed by atoms with van der Waals surface area (Å²) in [5.74, 6) is 0. The first-order chi connectivity index (χ1) is 7.20. The Balaban J connectivity index is 2.82. The van der Waals surface area contributed by atoms with Crippen molar-refractivity contribution in [1.29, 1.82) is 0 Å². The topological polar surface area (TPSA) is 56.1 Å². The van der Waals surface area contributed by atoms with Crippen LogP contribution in [0, 0.1) is 0 Å². The molecule has 6 heteroatoms. The largest absolute Gasteiger partial charge is 0.383 e. The number of nitrogens with one attached hydrogen (secondary N) is 1. The van der Waals surface area contributed by atoms with Gasteiger partial charge >= 0.3 is 0 Å². The number of hydrogen-bond donors (Lipinski definition) is 1. The van der Waals surface area contributed by atoms with Crippen molar-refractivity contribution < 1.29 is 4.74 Å². The lowest BCUT2D eigenvalue weighted by Crippen LogP contribution is -2.23. The summed E-state index contributed by atoms with van der Waals surface area (Å²) in [4.78, 5) is 11.6. The van der Waals surface area contributed by atoms with Crippen LogP contribution in [0.25, 0.3) is 0 Å². The molecule has 0 saturated carbocycles. The quantitative estimate of drug-likeness (QED) is 0.768. The highest BCUT2D eigenvalue weighted by Crippen LogP contribution is 2.14. The number of halogens is 1. The maximum absolute atomic E-state index is 11.6. The highest BCUT2D eigenvalue weighted by atomic mass is 35.5. The number of methoxy groups -OCH3 is 1. The van der Waals surface area contributed by atoms with Gasteiger partial charge in [-0.1, -0.05) is 11.6 Å². The van der Waals surface area contributed by atoms with Gasteiger partial charge in [0.15, 0.2) is 0 Å². The molecule has 0 fully saturated rings. The van der Waals surface area contributed by atoms with Crippen molar-refractivity contribution >= 4 is 17.3 Å². The van der Waals surface area contributed by atoms with E-state index in [0.29, 0.717) is 25.4 Å². The Labute approximate surface area is 93.0 Å². The van der Waals surface area contributed by atoms with Crippen LogP contribution in [0.15, 0.2) is 11.0 Å². The minimum atomic E-state index is -0.276. The van der Waals surface area contributed by atoms with Crippen molar-refractivity contribution in [1.82, 2.24) is 9.78 Å². The first kappa shape index (κ1) is 12.0. The lowest BCUT2D eigenvalue weighted by atomic mass is 10.4. The molecule has 15 heavy (non-hydrogen) atoms. The minimum Gasteiger partial charge on any atom is -0.383 e. The number of aryl methyl sites for hydroxylation is 1. The molecular weight excluding hydrogens is 218 g/mol. The summed E-state index contributed by atoms with van der Waals surface area (Å²) in [6.07, 6.45) is 1.54. The average Bonchev–Trinajstić information content (AvgIpc) is 2.25. The Morgan fingerprint density at radius 3 is 3.00 bits per heavy atom. The summed E-state index contributed by atoms with van der Waals surface area (Å²) in [6, 6.07) is 0. The zero-order chi connectivity index (χ0) is 11.3. The molecule has 0 amide bonds. The van der Waals surface area contributed by atoms with Crippen LogP contribution in [0.3, 0.4) is 0 Å². The first-order valence-electron chi connectivity index (χ1n) is 4.69. The standard InChI is InChI=1S/C9H14ClN3O2/c1-3-13-9(14)8(10)7(6-12-13)11-4-5-15-2/h6,11H,3-5H2,1-2H3. The molecule has 1 N–H and O–H groups in total. The zero-order valence-electron chi connectivity index (χ0n) is 8.79. The second kappa shape index (κ2) is 5.72. The maximum atomic E-state index is 11.6. The first-order valence-corrected chi connectivity index (χ1v) is 5.07. The van der Waals surface area contributed by atoms with Crippen LogP contribution in [0.2, 0.25) is 5.02 Å². The van der Waals surface area contributed by atoms with Gasteiger partial charge < -0.3 is 10.1 Å². The van der Waals surface area contributed by atoms with E-state index in [1.54, 1.807) is 13.3 Å². The van der Waals surface area contributed by atoms with Crippen LogP contribution < -0.4 is 10.9 Å². The van der Waals surface area contributed by atoms with E-state index in [1.165, 1.54) is 4.68 Å². The fourth-order valence-electron chi connectivity index (χ4n) is 1.10. The highest BCUT2D eigenvalue weighted by molar-refractivity contribution is 6.32. The second-order valence-electron chi connectivity index (χ2n) is 2.91. The Bertz CT molecular complexity index is 378. The molecule has 0 aliphatic carbocycles. The summed E-state index contributed by atoms with van der Waals surface area (Å²) >= 11 is 5.88. The van der Waals surface area contributed by atoms with E-state index < -0.39 is 0 Å². The predicted molar refractivity (Wildman–Crippen MR) is 59.5 cm³/mol. The SMILES string of the molecule is CCn1ncc(NCCOC)c(Cl)c1=O. The van der Waals surface area contributed by atoms with E-state index in [2.05, 4.69) is 10.4 Å². The number of nitrogens with zero attached hydrogens (tertiary/aromatic N) is 2. The molecule has 0 aromatic carbocycles. The van der Waals surface area contributed by atoms with Crippen molar-refractivity contribution in [2.24, 2.45) is 0 Å². The van der Waals surface area contributed by atoms with Crippen LogP contribution in [-0.4, -0.2) is 30.0 Å². The van der Waals surface area contributed by atoms with Crippen molar-refractivity contribution in [3.63, 3.8) is 0 Å². The minimum absolute atomic E-state index is 0.169. The van der Waals surface area contributed by atoms with Gasteiger partial charge in [-0.05, 0) is 6.92 Å². The molecule has 0 saturated heterocycles. The van der Waals surface area contributed by atoms with Gasteiger partial charge in [0, 0.05) is 20.2 Å². The molecule has 1 aromatic heterocycles. The lowest BCUT2D eigenvalue weighted by molar-refractivity contribution is 0.211. The zero-order valence-corrected chi connectivity index (χ0v) is 9.54. The van der Waals surface area contributed by atoms with Crippen molar-refractivity contribution in [2.45, 2.75) is 13.5 Å². The molecule has 0 spiro atoms. The Kier molecular flexibility index (Phi) is 4.58. The molecule has 0 unspecified atom stereocenters. The van der Waals surface area contributed by atoms with Crippen LogP contribution in [0.4, 0.5) is 5.69 Å². The van der Waals surface area contributed by atoms with Gasteiger partial charge in [-0.2, -0.15) is 5.10 Å². The van der Waals surface area contributed by atoms with Crippen LogP contribution >= 0.6 is 11.6 Å². The third kappa shape index (κ3) is 2.94. The van der Waals surface area contributed by atoms with Crippen molar-refractivity contribution in [2.75, 3.05) is 25.6 Å². The molecule has 0 aliphatic heterocycles. The number of hydrogen-bond acceptors (Lipinski definition) is 4. The van der Waals surface area contributed by atoms with E-state index >= 15 is 0 Å². The molecule has 1 heterocycles. The third-order valence-electron chi connectivity index (χ3n) is 1.91. The molecule has 0 bridgehead atoms. The smallest absolute Gasteiger partial charge is 0.287 e. The van der Waals surface area contributed by atoms with Crippen LogP contribution in [0.5, 0.6) is 0 Å². The van der Waals surface area contributed by atoms with Gasteiger partial charge in [0.1, 0.15) is 5.02 Å². The van der Waals surface area contributed by atoms with Crippen molar-refractivity contribution in [3.05, 3.63) is 21.6 Å². The molecule has 1 rings (SSSR count). The number of rotatable bonds is 5. The Morgan fingerprint density at radius 1 is 1.67 bits per heavy atom. The third-order valence-corrected chi connectivity index (χ3v) is 2.27. The summed E-state index contributed by atoms with van der Waals surface area (Å²) in [6.45, 7) is 3.49. The lowest BCUT2D eigenvalue weighted by Gasteiger charge is -2.08. The average molecular weight is 232 g/mol. The summed E-state index contributed by atoms with van der Waals surface area (Å²) in [5, 5.41) is 7.10. The molecular formula is C9H14ClN3O2. The van der Waals surface area contributed by atoms with Gasteiger partial charge in [0.2, 0.25) is 0 Å². The van der Waals surface area contributed by atoms with E-state index in [9.17, 15) is 4.79 Å². The molecule has 0 radical (unpaired) electrons. The van der Waals surface area contributed by atoms with E-state index in [-0.39, 0.29) is 10.6 Å². The molecule has 0 aliphatic rings. The van der Waals surface area contributed by atoms with E-state index in [0.717, 1.165) is 0 Å². The van der Waals surface area contributed by atoms with Crippen molar-refractivity contribution in [3.8, 4) is 0 Å². The second-order valence-corrected chi connectivity index (χ2v) is 3.29. The molecule has 1 aromatic rings. The van der Waals surface area contributed by atoms with Crippen LogP contribution in [-0.2, 0) is 11.3 Å². The Hall–Kier alpha value is -1.07. The summed E-state index contributed by atoms with van der Waals surface area (Å²) in [7, 11) is 1.61. The predicted octanol–water partition coefficient (Wildman–Crippen LogP) is 0.975. The molecule has 84 valence electrons. The number of aromatic nitrogens is 2. The van der Waals surface area contributed by atoms with Gasteiger partial charge in [-0.15, -0.1) is 0 Å². The maximum Gasteiger partial charge on any atom is 0.287 e. The number of anilines is 1. The van der Waals surface area contributed by atoms with Gasteiger partial charge in [-0.25, -0.2) is 4.68 Å². The summed E-state index contributed by atoms with van der Waals surface area (Å²) in [5.41, 5.74) is 0.269. The fourth-order valence-corrected chi connectivity index (χ4v) is 1.31. The normalized spacial score (nSPS) is 10.3. The van der Waals surface area contributed by atoms with E-state index in [1.807, 2.05) is 6.92 Å². The Morgan fingerprint density at radius 2 is 2.40 bits per heavy atom. The summed E-state index contributed by atoms with van der Waals surface area (Å²) < 4.78 is 6.18. The fraction of sp³-hybridized carbons (Fsp3) is 0.556. The monoisotopic (exact) mass is 231 g/mol. The van der Waals surface area contributed by atoms with Crippen LogP contribution in [0.1, 0.15) is 6.92 Å². The van der Waals surface area contributed by atoms with E-state index in [4.69, 9.17) is 16.3 Å². The highest BCUT2D eigenvalue weighted by Gasteiger charge is 2.07.